The molecular weight excluding hydrogens is 262 g/mol. The summed E-state index contributed by atoms with van der Waals surface area (Å²) in [6, 6.07) is 2.15. The van der Waals surface area contributed by atoms with Crippen LogP contribution in [0.1, 0.15) is 37.2 Å². The molecule has 1 aromatic heterocycles. The van der Waals surface area contributed by atoms with Gasteiger partial charge in [0.05, 0.1) is 10.9 Å². The van der Waals surface area contributed by atoms with Gasteiger partial charge < -0.3 is 5.32 Å². The van der Waals surface area contributed by atoms with E-state index in [0.29, 0.717) is 13.0 Å². The minimum atomic E-state index is -2.91. The van der Waals surface area contributed by atoms with Crippen LogP contribution in [0.4, 0.5) is 0 Å². The summed E-state index contributed by atoms with van der Waals surface area (Å²) in [5.41, 5.74) is 0.953. The lowest BCUT2D eigenvalue weighted by Gasteiger charge is -2.28. The second-order valence-corrected chi connectivity index (χ2v) is 7.62. The standard InChI is InChI=1S/C13H21N3O2S/c1-10-14-7-6-12(16-10)9-15-11-4-3-5-13(8-11)19(2,17)18/h6-7,11,13,15H,3-5,8-9H2,1-2H3. The maximum absolute atomic E-state index is 11.6. The van der Waals surface area contributed by atoms with Crippen molar-refractivity contribution in [2.24, 2.45) is 0 Å². The van der Waals surface area contributed by atoms with Crippen molar-refractivity contribution in [3.8, 4) is 0 Å². The quantitative estimate of drug-likeness (QED) is 0.900. The number of nitrogens with zero attached hydrogens (tertiary/aromatic N) is 2. The number of aromatic nitrogens is 2. The van der Waals surface area contributed by atoms with E-state index in [0.717, 1.165) is 30.8 Å². The molecule has 1 fully saturated rings. The first-order valence-corrected chi connectivity index (χ1v) is 8.61. The second kappa shape index (κ2) is 5.96. The molecular formula is C13H21N3O2S. The number of hydrogen-bond acceptors (Lipinski definition) is 5. The summed E-state index contributed by atoms with van der Waals surface area (Å²) in [6.45, 7) is 2.54. The predicted molar refractivity (Wildman–Crippen MR) is 74.5 cm³/mol. The van der Waals surface area contributed by atoms with Crippen LogP contribution in [-0.2, 0) is 16.4 Å². The molecule has 6 heteroatoms. The van der Waals surface area contributed by atoms with Crippen LogP contribution in [-0.4, -0.2) is 35.9 Å². The van der Waals surface area contributed by atoms with E-state index in [1.807, 2.05) is 13.0 Å². The lowest BCUT2D eigenvalue weighted by atomic mass is 9.95. The van der Waals surface area contributed by atoms with Gasteiger partial charge in [0, 0.05) is 25.0 Å². The van der Waals surface area contributed by atoms with Gasteiger partial charge in [-0.1, -0.05) is 6.42 Å². The van der Waals surface area contributed by atoms with Crippen LogP contribution in [0.3, 0.4) is 0 Å². The molecule has 106 valence electrons. The van der Waals surface area contributed by atoms with E-state index in [2.05, 4.69) is 15.3 Å². The summed E-state index contributed by atoms with van der Waals surface area (Å²) in [6.07, 6.45) is 6.61. The summed E-state index contributed by atoms with van der Waals surface area (Å²) in [5, 5.41) is 3.22. The summed E-state index contributed by atoms with van der Waals surface area (Å²) < 4.78 is 23.2. The van der Waals surface area contributed by atoms with Gasteiger partial charge in [-0.3, -0.25) is 0 Å². The zero-order chi connectivity index (χ0) is 13.9. The van der Waals surface area contributed by atoms with Crippen LogP contribution in [0.2, 0.25) is 0 Å². The highest BCUT2D eigenvalue weighted by Gasteiger charge is 2.28. The Morgan fingerprint density at radius 3 is 2.89 bits per heavy atom. The van der Waals surface area contributed by atoms with E-state index < -0.39 is 9.84 Å². The lowest BCUT2D eigenvalue weighted by molar-refractivity contribution is 0.369. The molecule has 1 aliphatic rings. The van der Waals surface area contributed by atoms with Crippen LogP contribution < -0.4 is 5.32 Å². The van der Waals surface area contributed by atoms with Gasteiger partial charge in [-0.25, -0.2) is 18.4 Å². The normalized spacial score (nSPS) is 24.3. The Morgan fingerprint density at radius 1 is 1.42 bits per heavy atom. The maximum atomic E-state index is 11.6. The van der Waals surface area contributed by atoms with Gasteiger partial charge in [-0.15, -0.1) is 0 Å². The molecule has 2 unspecified atom stereocenters. The van der Waals surface area contributed by atoms with Crippen molar-refractivity contribution in [2.45, 2.75) is 50.4 Å². The van der Waals surface area contributed by atoms with Crippen molar-refractivity contribution >= 4 is 9.84 Å². The van der Waals surface area contributed by atoms with Crippen LogP contribution in [0, 0.1) is 6.92 Å². The van der Waals surface area contributed by atoms with Gasteiger partial charge in [0.15, 0.2) is 0 Å². The third kappa shape index (κ3) is 4.24. The Balaban J connectivity index is 1.89. The smallest absolute Gasteiger partial charge is 0.150 e. The van der Waals surface area contributed by atoms with Crippen LogP contribution in [0.25, 0.3) is 0 Å². The Kier molecular flexibility index (Phi) is 4.52. The number of aryl methyl sites for hydroxylation is 1. The molecule has 1 aliphatic carbocycles. The molecule has 1 aromatic rings. The largest absolute Gasteiger partial charge is 0.308 e. The molecule has 1 N–H and O–H groups in total. The summed E-state index contributed by atoms with van der Waals surface area (Å²) in [7, 11) is -2.91. The minimum absolute atomic E-state index is 0.189. The van der Waals surface area contributed by atoms with Crippen molar-refractivity contribution < 1.29 is 8.42 Å². The summed E-state index contributed by atoms with van der Waals surface area (Å²) in [4.78, 5) is 8.39. The highest BCUT2D eigenvalue weighted by atomic mass is 32.2. The Bertz CT molecular complexity index is 530. The molecule has 0 radical (unpaired) electrons. The van der Waals surface area contributed by atoms with E-state index in [-0.39, 0.29) is 11.3 Å². The average molecular weight is 283 g/mol. The molecule has 0 amide bonds. The van der Waals surface area contributed by atoms with Crippen molar-refractivity contribution in [3.05, 3.63) is 23.8 Å². The zero-order valence-corrected chi connectivity index (χ0v) is 12.3. The zero-order valence-electron chi connectivity index (χ0n) is 11.5. The van der Waals surface area contributed by atoms with E-state index in [9.17, 15) is 8.42 Å². The molecule has 1 heterocycles. The van der Waals surface area contributed by atoms with Gasteiger partial charge in [-0.05, 0) is 32.3 Å². The Morgan fingerprint density at radius 2 is 2.21 bits per heavy atom. The molecule has 5 nitrogen and oxygen atoms in total. The molecule has 0 aromatic carbocycles. The van der Waals surface area contributed by atoms with Gasteiger partial charge >= 0.3 is 0 Å². The van der Waals surface area contributed by atoms with Crippen LogP contribution >= 0.6 is 0 Å². The SMILES string of the molecule is Cc1nccc(CNC2CCCC(S(C)(=O)=O)C2)n1. The second-order valence-electron chi connectivity index (χ2n) is 5.29. The third-order valence-corrected chi connectivity index (χ3v) is 5.28. The van der Waals surface area contributed by atoms with E-state index in [1.54, 1.807) is 6.20 Å². The number of rotatable bonds is 4. The maximum Gasteiger partial charge on any atom is 0.150 e. The predicted octanol–water partition coefficient (Wildman–Crippen LogP) is 1.23. The lowest BCUT2D eigenvalue weighted by Crippen LogP contribution is -2.38. The van der Waals surface area contributed by atoms with Crippen molar-refractivity contribution in [1.82, 2.24) is 15.3 Å². The number of hydrogen-bond donors (Lipinski definition) is 1. The summed E-state index contributed by atoms with van der Waals surface area (Å²) in [5.74, 6) is 0.761. The fourth-order valence-electron chi connectivity index (χ4n) is 2.57. The highest BCUT2D eigenvalue weighted by Crippen LogP contribution is 2.23. The number of sulfone groups is 1. The monoisotopic (exact) mass is 283 g/mol. The first kappa shape index (κ1) is 14.4. The first-order chi connectivity index (χ1) is 8.95. The van der Waals surface area contributed by atoms with Gasteiger partial charge in [0.1, 0.15) is 15.7 Å². The molecule has 0 saturated heterocycles. The van der Waals surface area contributed by atoms with Crippen molar-refractivity contribution in [3.63, 3.8) is 0 Å². The van der Waals surface area contributed by atoms with Crippen LogP contribution in [0.15, 0.2) is 12.3 Å². The van der Waals surface area contributed by atoms with Gasteiger partial charge in [0.25, 0.3) is 0 Å². The molecule has 19 heavy (non-hydrogen) atoms. The highest BCUT2D eigenvalue weighted by molar-refractivity contribution is 7.91. The van der Waals surface area contributed by atoms with Gasteiger partial charge in [0.2, 0.25) is 0 Å². The molecule has 0 spiro atoms. The van der Waals surface area contributed by atoms with E-state index >= 15 is 0 Å². The number of nitrogens with one attached hydrogen (secondary N) is 1. The third-order valence-electron chi connectivity index (χ3n) is 3.64. The van der Waals surface area contributed by atoms with Crippen molar-refractivity contribution in [2.75, 3.05) is 6.26 Å². The minimum Gasteiger partial charge on any atom is -0.308 e. The molecule has 1 saturated carbocycles. The molecule has 0 bridgehead atoms. The van der Waals surface area contributed by atoms with Crippen molar-refractivity contribution in [1.29, 1.82) is 0 Å². The van der Waals surface area contributed by atoms with E-state index in [4.69, 9.17) is 0 Å². The fourth-order valence-corrected chi connectivity index (χ4v) is 3.75. The van der Waals surface area contributed by atoms with Crippen LogP contribution in [0.5, 0.6) is 0 Å². The first-order valence-electron chi connectivity index (χ1n) is 6.66. The molecule has 2 atom stereocenters. The van der Waals surface area contributed by atoms with E-state index in [1.165, 1.54) is 6.26 Å². The fraction of sp³-hybridized carbons (Fsp3) is 0.692. The average Bonchev–Trinajstić information content (AvgIpc) is 2.36. The Hall–Kier alpha value is -1.01. The molecule has 0 aliphatic heterocycles. The Labute approximate surface area is 114 Å². The summed E-state index contributed by atoms with van der Waals surface area (Å²) >= 11 is 0. The van der Waals surface area contributed by atoms with Gasteiger partial charge in [-0.2, -0.15) is 0 Å². The topological polar surface area (TPSA) is 72.0 Å². The molecule has 2 rings (SSSR count).